The predicted molar refractivity (Wildman–Crippen MR) is 171 cm³/mol. The van der Waals surface area contributed by atoms with Gasteiger partial charge in [0.2, 0.25) is 11.8 Å². The number of aliphatic hydroxyl groups excluding tert-OH is 4. The largest absolute Gasteiger partial charge is 0.481 e. The van der Waals surface area contributed by atoms with E-state index in [0.29, 0.717) is 16.9 Å². The molecule has 0 unspecified atom stereocenters. The van der Waals surface area contributed by atoms with Gasteiger partial charge >= 0.3 is 5.97 Å². The van der Waals surface area contributed by atoms with Crippen LogP contribution >= 0.6 is 0 Å². The summed E-state index contributed by atoms with van der Waals surface area (Å²) in [5.74, 6) is -3.24. The molecule has 3 aromatic carbocycles. The maximum Gasteiger partial charge on any atom is 0.364 e. The van der Waals surface area contributed by atoms with Crippen LogP contribution in [0, 0.1) is 18.2 Å². The number of hydrogen-bond acceptors (Lipinski definition) is 10. The number of halogens is 1. The first-order chi connectivity index (χ1) is 23.4. The fraction of sp³-hybridized carbons (Fsp3) is 0.343. The van der Waals surface area contributed by atoms with E-state index in [-0.39, 0.29) is 25.5 Å². The van der Waals surface area contributed by atoms with Crippen LogP contribution in [0.5, 0.6) is 5.75 Å². The molecule has 3 aromatic rings. The van der Waals surface area contributed by atoms with Crippen LogP contribution < -0.4 is 15.4 Å². The molecule has 0 aromatic heterocycles. The molecule has 13 nitrogen and oxygen atoms in total. The summed E-state index contributed by atoms with van der Waals surface area (Å²) in [5, 5.41) is 57.1. The summed E-state index contributed by atoms with van der Waals surface area (Å²) in [4.78, 5) is 37.2. The Labute approximate surface area is 281 Å². The van der Waals surface area contributed by atoms with Crippen LogP contribution in [0.25, 0.3) is 11.1 Å². The van der Waals surface area contributed by atoms with E-state index >= 15 is 0 Å². The Morgan fingerprint density at radius 2 is 1.59 bits per heavy atom. The summed E-state index contributed by atoms with van der Waals surface area (Å²) in [7, 11) is 0. The molecular formula is C35H37FN2O11. The number of carbonyl (C=O) groups excluding carboxylic acids is 2. The van der Waals surface area contributed by atoms with Gasteiger partial charge in [-0.2, -0.15) is 0 Å². The van der Waals surface area contributed by atoms with E-state index in [0.717, 1.165) is 11.1 Å². The second-order valence-electron chi connectivity index (χ2n) is 11.3. The summed E-state index contributed by atoms with van der Waals surface area (Å²) in [6.07, 6.45) is -2.79. The summed E-state index contributed by atoms with van der Waals surface area (Å²) in [6.45, 7) is -1.78. The van der Waals surface area contributed by atoms with Crippen molar-refractivity contribution >= 4 is 17.8 Å². The number of aliphatic carboxylic acids is 1. The van der Waals surface area contributed by atoms with Crippen LogP contribution in [0.2, 0.25) is 0 Å². The minimum Gasteiger partial charge on any atom is -0.481 e. The van der Waals surface area contributed by atoms with Crippen molar-refractivity contribution in [2.75, 3.05) is 19.8 Å². The van der Waals surface area contributed by atoms with Gasteiger partial charge in [-0.1, -0.05) is 54.5 Å². The van der Waals surface area contributed by atoms with Gasteiger partial charge in [-0.3, -0.25) is 9.59 Å². The molecular weight excluding hydrogens is 643 g/mol. The third kappa shape index (κ3) is 9.83. The zero-order valence-corrected chi connectivity index (χ0v) is 26.2. The van der Waals surface area contributed by atoms with Gasteiger partial charge in [0.05, 0.1) is 31.3 Å². The molecule has 0 spiro atoms. The summed E-state index contributed by atoms with van der Waals surface area (Å²) in [5.41, 5.74) is 2.72. The topological polar surface area (TPSA) is 204 Å². The average molecular weight is 681 g/mol. The van der Waals surface area contributed by atoms with Gasteiger partial charge in [0.15, 0.2) is 0 Å². The lowest BCUT2D eigenvalue weighted by molar-refractivity contribution is -0.314. The molecule has 0 bridgehead atoms. The quantitative estimate of drug-likeness (QED) is 0.110. The number of carbonyl (C=O) groups is 3. The van der Waals surface area contributed by atoms with Gasteiger partial charge in [-0.25, -0.2) is 9.18 Å². The molecule has 1 fully saturated rings. The molecule has 49 heavy (non-hydrogen) atoms. The Morgan fingerprint density at radius 3 is 2.18 bits per heavy atom. The molecule has 0 radical (unpaired) electrons. The van der Waals surface area contributed by atoms with E-state index in [1.807, 2.05) is 0 Å². The maximum atomic E-state index is 13.2. The van der Waals surface area contributed by atoms with Crippen LogP contribution in [0.1, 0.15) is 17.5 Å². The molecule has 14 heteroatoms. The number of carboxylic acids is 1. The van der Waals surface area contributed by atoms with E-state index in [4.69, 9.17) is 20.6 Å². The van der Waals surface area contributed by atoms with Crippen molar-refractivity contribution in [1.82, 2.24) is 10.6 Å². The average Bonchev–Trinajstić information content (AvgIpc) is 3.10. The van der Waals surface area contributed by atoms with Crippen molar-refractivity contribution in [2.45, 2.75) is 55.7 Å². The first-order valence-corrected chi connectivity index (χ1v) is 15.2. The van der Waals surface area contributed by atoms with E-state index in [1.165, 1.54) is 12.1 Å². The van der Waals surface area contributed by atoms with Gasteiger partial charge in [0.25, 0.3) is 5.79 Å². The van der Waals surface area contributed by atoms with E-state index in [1.54, 1.807) is 60.7 Å². The smallest absolute Gasteiger partial charge is 0.364 e. The van der Waals surface area contributed by atoms with E-state index < -0.39 is 73.6 Å². The standard InChI is InChI=1S/C35H37FN2O11/c1-2-15-47-26-13-5-22(6-14-26)20-48-35(34(45)46)17-27(40)31(38-30(43)19-39)33(49-35)32(44)28(41)18-37-29(42)16-21-3-7-23(8-4-21)24-9-11-25(36)12-10-24/h1,3-14,27-28,31-33,39-41,44H,15-20H2,(H,37,42)(H,38,43)(H,45,46)/t27-,28+,31+,32+,33+,35+/m0/s1. The van der Waals surface area contributed by atoms with Gasteiger partial charge < -0.3 is 50.4 Å². The Morgan fingerprint density at radius 1 is 0.980 bits per heavy atom. The van der Waals surface area contributed by atoms with E-state index in [9.17, 15) is 44.3 Å². The summed E-state index contributed by atoms with van der Waals surface area (Å²) >= 11 is 0. The number of nitrogens with one attached hydrogen (secondary N) is 2. The Balaban J connectivity index is 1.42. The second-order valence-corrected chi connectivity index (χ2v) is 11.3. The van der Waals surface area contributed by atoms with Gasteiger partial charge in [0.1, 0.15) is 37.0 Å². The Kier molecular flexibility index (Phi) is 12.8. The summed E-state index contributed by atoms with van der Waals surface area (Å²) < 4.78 is 29.9. The summed E-state index contributed by atoms with van der Waals surface area (Å²) in [6, 6.07) is 17.7. The highest BCUT2D eigenvalue weighted by Crippen LogP contribution is 2.34. The Hall–Kier alpha value is -4.88. The zero-order valence-electron chi connectivity index (χ0n) is 26.2. The first kappa shape index (κ1) is 36.9. The molecule has 1 aliphatic heterocycles. The lowest BCUT2D eigenvalue weighted by Crippen LogP contribution is -2.68. The second kappa shape index (κ2) is 17.0. The SMILES string of the molecule is C#CCOc1ccc(CO[C@]2(C(=O)O)C[C@H](O)[C@@H](NC(=O)CO)[C@H]([C@H](O)[C@H](O)CNC(=O)Cc3ccc(-c4ccc(F)cc4)cc3)O2)cc1. The van der Waals surface area contributed by atoms with Crippen LogP contribution in [0.4, 0.5) is 4.39 Å². The number of ether oxygens (including phenoxy) is 3. The van der Waals surface area contributed by atoms with Crippen molar-refractivity contribution in [2.24, 2.45) is 0 Å². The molecule has 260 valence electrons. The number of terminal acetylenes is 1. The van der Waals surface area contributed by atoms with Gasteiger partial charge in [-0.05, 0) is 46.5 Å². The molecule has 6 atom stereocenters. The van der Waals surface area contributed by atoms with Crippen LogP contribution in [0.15, 0.2) is 72.8 Å². The lowest BCUT2D eigenvalue weighted by atomic mass is 9.88. The van der Waals surface area contributed by atoms with Crippen molar-refractivity contribution < 1.29 is 58.5 Å². The van der Waals surface area contributed by atoms with Gasteiger partial charge in [-0.15, -0.1) is 6.42 Å². The molecule has 1 heterocycles. The number of benzene rings is 3. The third-order valence-corrected chi connectivity index (χ3v) is 7.82. The van der Waals surface area contributed by atoms with Crippen LogP contribution in [0.3, 0.4) is 0 Å². The monoisotopic (exact) mass is 680 g/mol. The fourth-order valence-electron chi connectivity index (χ4n) is 5.22. The number of aliphatic hydroxyl groups is 4. The lowest BCUT2D eigenvalue weighted by Gasteiger charge is -2.46. The molecule has 1 aliphatic rings. The maximum absolute atomic E-state index is 13.2. The predicted octanol–water partition coefficient (Wildman–Crippen LogP) is 0.510. The van der Waals surface area contributed by atoms with Crippen LogP contribution in [-0.2, 0) is 36.9 Å². The van der Waals surface area contributed by atoms with Crippen LogP contribution in [-0.4, -0.2) is 99.3 Å². The van der Waals surface area contributed by atoms with E-state index in [2.05, 4.69) is 16.6 Å². The molecule has 1 saturated heterocycles. The molecule has 2 amide bonds. The number of hydrogen-bond donors (Lipinski definition) is 7. The van der Waals surface area contributed by atoms with Gasteiger partial charge in [0, 0.05) is 13.0 Å². The molecule has 4 rings (SSSR count). The fourth-order valence-corrected chi connectivity index (χ4v) is 5.22. The number of carboxylic acid groups (broad SMARTS) is 1. The minimum absolute atomic E-state index is 0.0464. The molecule has 7 N–H and O–H groups in total. The highest BCUT2D eigenvalue weighted by molar-refractivity contribution is 5.79. The van der Waals surface area contributed by atoms with Crippen molar-refractivity contribution in [3.63, 3.8) is 0 Å². The molecule has 0 aliphatic carbocycles. The highest BCUT2D eigenvalue weighted by Gasteiger charge is 2.55. The Bertz CT molecular complexity index is 1610. The number of rotatable bonds is 15. The van der Waals surface area contributed by atoms with Crippen molar-refractivity contribution in [1.29, 1.82) is 0 Å². The van der Waals surface area contributed by atoms with Crippen molar-refractivity contribution in [3.05, 3.63) is 89.7 Å². The third-order valence-electron chi connectivity index (χ3n) is 7.82. The molecule has 0 saturated carbocycles. The van der Waals surface area contributed by atoms with Crippen molar-refractivity contribution in [3.8, 4) is 29.2 Å². The number of amides is 2. The minimum atomic E-state index is -2.53. The zero-order chi connectivity index (χ0) is 35.6. The normalized spacial score (nSPS) is 21.5. The highest BCUT2D eigenvalue weighted by atomic mass is 19.1. The first-order valence-electron chi connectivity index (χ1n) is 15.2.